The molecule has 0 unspecified atom stereocenters. The smallest absolute Gasteiger partial charge is 0.233 e. The lowest BCUT2D eigenvalue weighted by Crippen LogP contribution is -2.13. The van der Waals surface area contributed by atoms with Crippen LogP contribution in [-0.4, -0.2) is 24.8 Å². The van der Waals surface area contributed by atoms with Gasteiger partial charge in [0.15, 0.2) is 0 Å². The molecule has 0 bridgehead atoms. The molecule has 0 aliphatic rings. The standard InChI is InChI=1S/C32H24N2O4S2/c1-21-11-15-23(16-12-21)39(35,36)33-29-9-5-3-7-25(29)27-20-32-28(19-31(27)33)26-8-4-6-10-30(26)34(32)40(37,38)24-17-13-22(2)14-18-24/h3-20H,1-2H3. The van der Waals surface area contributed by atoms with Gasteiger partial charge in [-0.25, -0.2) is 24.8 Å². The molecular weight excluding hydrogens is 540 g/mol. The number of hydrogen-bond acceptors (Lipinski definition) is 4. The molecule has 0 aliphatic heterocycles. The van der Waals surface area contributed by atoms with E-state index in [0.29, 0.717) is 32.8 Å². The molecule has 0 saturated heterocycles. The molecule has 2 aromatic heterocycles. The van der Waals surface area contributed by atoms with E-state index in [-0.39, 0.29) is 9.79 Å². The molecule has 6 nitrogen and oxygen atoms in total. The summed E-state index contributed by atoms with van der Waals surface area (Å²) in [5.41, 5.74) is 3.97. The zero-order chi connectivity index (χ0) is 27.8. The minimum absolute atomic E-state index is 0.185. The Hall–Kier alpha value is -4.40. The van der Waals surface area contributed by atoms with Crippen molar-refractivity contribution < 1.29 is 16.8 Å². The zero-order valence-electron chi connectivity index (χ0n) is 21.7. The Morgan fingerprint density at radius 1 is 0.425 bits per heavy atom. The Balaban J connectivity index is 1.63. The van der Waals surface area contributed by atoms with Crippen molar-refractivity contribution in [2.75, 3.05) is 0 Å². The van der Waals surface area contributed by atoms with Crippen LogP contribution in [0.25, 0.3) is 43.6 Å². The van der Waals surface area contributed by atoms with Gasteiger partial charge >= 0.3 is 0 Å². The van der Waals surface area contributed by atoms with Crippen molar-refractivity contribution in [2.24, 2.45) is 0 Å². The van der Waals surface area contributed by atoms with Gasteiger partial charge in [0.2, 0.25) is 0 Å². The van der Waals surface area contributed by atoms with Gasteiger partial charge in [-0.15, -0.1) is 0 Å². The Kier molecular flexibility index (Phi) is 5.26. The molecule has 0 spiro atoms. The summed E-state index contributed by atoms with van der Waals surface area (Å²) in [7, 11) is -7.93. The number of aromatic nitrogens is 2. The third-order valence-corrected chi connectivity index (χ3v) is 11.0. The molecule has 8 heteroatoms. The highest BCUT2D eigenvalue weighted by Crippen LogP contribution is 2.39. The molecular formula is C32H24N2O4S2. The summed E-state index contributed by atoms with van der Waals surface area (Å²) in [5.74, 6) is 0. The Morgan fingerprint density at radius 3 is 1.15 bits per heavy atom. The minimum atomic E-state index is -3.96. The van der Waals surface area contributed by atoms with Crippen molar-refractivity contribution in [3.8, 4) is 0 Å². The maximum Gasteiger partial charge on any atom is 0.268 e. The molecule has 0 radical (unpaired) electrons. The summed E-state index contributed by atoms with van der Waals surface area (Å²) >= 11 is 0. The quantitative estimate of drug-likeness (QED) is 0.231. The van der Waals surface area contributed by atoms with Gasteiger partial charge in [0, 0.05) is 21.5 Å². The van der Waals surface area contributed by atoms with Crippen LogP contribution in [0.3, 0.4) is 0 Å². The number of para-hydroxylation sites is 2. The fourth-order valence-corrected chi connectivity index (χ4v) is 8.55. The molecule has 5 aromatic carbocycles. The van der Waals surface area contributed by atoms with Crippen molar-refractivity contribution >= 4 is 63.7 Å². The van der Waals surface area contributed by atoms with Crippen LogP contribution < -0.4 is 0 Å². The first-order valence-electron chi connectivity index (χ1n) is 12.8. The molecule has 0 atom stereocenters. The van der Waals surface area contributed by atoms with Gasteiger partial charge in [-0.05, 0) is 62.4 Å². The molecule has 0 N–H and O–H groups in total. The SMILES string of the molecule is Cc1ccc(S(=O)(=O)n2c3ccccc3c3cc4c(cc32)c2ccccc2n4S(=O)(=O)c2ccc(C)cc2)cc1. The van der Waals surface area contributed by atoms with Crippen LogP contribution in [-0.2, 0) is 20.0 Å². The molecule has 0 fully saturated rings. The summed E-state index contributed by atoms with van der Waals surface area (Å²) in [6.45, 7) is 3.82. The van der Waals surface area contributed by atoms with Crippen LogP contribution in [0.2, 0.25) is 0 Å². The minimum Gasteiger partial charge on any atom is -0.233 e. The molecule has 7 aromatic rings. The fourth-order valence-electron chi connectivity index (χ4n) is 5.51. The van der Waals surface area contributed by atoms with Crippen LogP contribution in [0.4, 0.5) is 0 Å². The van der Waals surface area contributed by atoms with E-state index in [9.17, 15) is 16.8 Å². The third-order valence-electron chi connectivity index (χ3n) is 7.50. The summed E-state index contributed by atoms with van der Waals surface area (Å²) in [6.07, 6.45) is 0. The van der Waals surface area contributed by atoms with Crippen molar-refractivity contribution in [1.82, 2.24) is 7.94 Å². The lowest BCUT2D eigenvalue weighted by atomic mass is 10.1. The van der Waals surface area contributed by atoms with Crippen LogP contribution >= 0.6 is 0 Å². The molecule has 0 amide bonds. The molecule has 2 heterocycles. The summed E-state index contributed by atoms with van der Waals surface area (Å²) < 4.78 is 59.0. The average Bonchev–Trinajstić information content (AvgIpc) is 3.45. The predicted molar refractivity (Wildman–Crippen MR) is 160 cm³/mol. The normalized spacial score (nSPS) is 12.7. The maximum absolute atomic E-state index is 14.1. The van der Waals surface area contributed by atoms with E-state index in [2.05, 4.69) is 0 Å². The Morgan fingerprint density at radius 2 is 0.775 bits per heavy atom. The largest absolute Gasteiger partial charge is 0.268 e. The molecule has 0 aliphatic carbocycles. The summed E-state index contributed by atoms with van der Waals surface area (Å²) in [6, 6.07) is 31.8. The number of nitrogens with zero attached hydrogens (tertiary/aromatic N) is 2. The maximum atomic E-state index is 14.1. The van der Waals surface area contributed by atoms with Gasteiger partial charge in [0.1, 0.15) is 0 Å². The highest BCUT2D eigenvalue weighted by atomic mass is 32.2. The number of aryl methyl sites for hydroxylation is 2. The first-order chi connectivity index (χ1) is 19.2. The number of benzene rings is 5. The first-order valence-corrected chi connectivity index (χ1v) is 15.7. The van der Waals surface area contributed by atoms with Crippen molar-refractivity contribution in [3.05, 3.63) is 120 Å². The van der Waals surface area contributed by atoms with Crippen LogP contribution in [0.5, 0.6) is 0 Å². The highest BCUT2D eigenvalue weighted by molar-refractivity contribution is 7.90. The highest BCUT2D eigenvalue weighted by Gasteiger charge is 2.27. The van der Waals surface area contributed by atoms with Gasteiger partial charge < -0.3 is 0 Å². The van der Waals surface area contributed by atoms with Gasteiger partial charge in [-0.3, -0.25) is 0 Å². The lowest BCUT2D eigenvalue weighted by Gasteiger charge is -2.11. The van der Waals surface area contributed by atoms with Gasteiger partial charge in [-0.1, -0.05) is 71.8 Å². The first kappa shape index (κ1) is 24.6. The second kappa shape index (κ2) is 8.55. The molecule has 198 valence electrons. The van der Waals surface area contributed by atoms with Crippen LogP contribution in [0, 0.1) is 13.8 Å². The predicted octanol–water partition coefficient (Wildman–Crippen LogP) is 6.99. The number of fused-ring (bicyclic) bond motifs is 6. The van der Waals surface area contributed by atoms with Crippen molar-refractivity contribution in [2.45, 2.75) is 23.6 Å². The van der Waals surface area contributed by atoms with Gasteiger partial charge in [0.05, 0.1) is 31.9 Å². The Bertz CT molecular complexity index is 2180. The molecule has 40 heavy (non-hydrogen) atoms. The Labute approximate surface area is 231 Å². The number of hydrogen-bond donors (Lipinski definition) is 0. The fraction of sp³-hybridized carbons (Fsp3) is 0.0625. The van der Waals surface area contributed by atoms with Crippen LogP contribution in [0.15, 0.2) is 119 Å². The van der Waals surface area contributed by atoms with E-state index in [1.807, 2.05) is 38.1 Å². The van der Waals surface area contributed by atoms with Gasteiger partial charge in [0.25, 0.3) is 20.0 Å². The van der Waals surface area contributed by atoms with Crippen molar-refractivity contribution in [3.63, 3.8) is 0 Å². The van der Waals surface area contributed by atoms with Crippen molar-refractivity contribution in [1.29, 1.82) is 0 Å². The number of rotatable bonds is 4. The second-order valence-electron chi connectivity index (χ2n) is 10.1. The monoisotopic (exact) mass is 564 g/mol. The molecule has 0 saturated carbocycles. The van der Waals surface area contributed by atoms with E-state index in [1.54, 1.807) is 84.9 Å². The van der Waals surface area contributed by atoms with E-state index >= 15 is 0 Å². The van der Waals surface area contributed by atoms with Gasteiger partial charge in [-0.2, -0.15) is 0 Å². The third kappa shape index (κ3) is 3.46. The topological polar surface area (TPSA) is 78.1 Å². The van der Waals surface area contributed by atoms with E-state index in [1.165, 1.54) is 7.94 Å². The zero-order valence-corrected chi connectivity index (χ0v) is 23.4. The van der Waals surface area contributed by atoms with Crippen LogP contribution in [0.1, 0.15) is 11.1 Å². The second-order valence-corrected chi connectivity index (χ2v) is 13.7. The summed E-state index contributed by atoms with van der Waals surface area (Å²) in [5, 5.41) is 2.75. The average molecular weight is 565 g/mol. The van der Waals surface area contributed by atoms with E-state index in [4.69, 9.17) is 0 Å². The summed E-state index contributed by atoms with van der Waals surface area (Å²) in [4.78, 5) is 0.371. The lowest BCUT2D eigenvalue weighted by molar-refractivity contribution is 0.588. The van der Waals surface area contributed by atoms with E-state index in [0.717, 1.165) is 21.9 Å². The van der Waals surface area contributed by atoms with E-state index < -0.39 is 20.0 Å². The molecule has 7 rings (SSSR count).